The number of aromatic nitrogens is 1. The maximum atomic E-state index is 12.8. The third-order valence-electron chi connectivity index (χ3n) is 5.87. The van der Waals surface area contributed by atoms with Crippen LogP contribution in [-0.2, 0) is 0 Å². The lowest BCUT2D eigenvalue weighted by Crippen LogP contribution is -2.55. The number of pyridine rings is 1. The summed E-state index contributed by atoms with van der Waals surface area (Å²) < 4.78 is 0. The van der Waals surface area contributed by atoms with Gasteiger partial charge in [0.25, 0.3) is 5.91 Å². The van der Waals surface area contributed by atoms with Gasteiger partial charge in [0.05, 0.1) is 0 Å². The van der Waals surface area contributed by atoms with Crippen molar-refractivity contribution >= 4 is 23.6 Å². The zero-order chi connectivity index (χ0) is 19.3. The van der Waals surface area contributed by atoms with E-state index in [1.807, 2.05) is 23.1 Å². The van der Waals surface area contributed by atoms with Crippen molar-refractivity contribution in [2.24, 2.45) is 5.92 Å². The molecule has 5 heteroatoms. The summed E-state index contributed by atoms with van der Waals surface area (Å²) in [7, 11) is 0. The van der Waals surface area contributed by atoms with Crippen LogP contribution < -0.4 is 0 Å². The number of likely N-dealkylation sites (tertiary alicyclic amines) is 2. The zero-order valence-corrected chi connectivity index (χ0v) is 16.8. The largest absolute Gasteiger partial charge is 0.338 e. The van der Waals surface area contributed by atoms with E-state index >= 15 is 0 Å². The van der Waals surface area contributed by atoms with Crippen molar-refractivity contribution in [1.29, 1.82) is 0 Å². The van der Waals surface area contributed by atoms with Gasteiger partial charge in [0.15, 0.2) is 0 Å². The van der Waals surface area contributed by atoms with Gasteiger partial charge in [-0.05, 0) is 55.5 Å². The van der Waals surface area contributed by atoms with Crippen molar-refractivity contribution in [3.05, 3.63) is 71.0 Å². The van der Waals surface area contributed by atoms with Gasteiger partial charge in [0, 0.05) is 48.7 Å². The summed E-state index contributed by atoms with van der Waals surface area (Å²) in [4.78, 5) is 21.3. The van der Waals surface area contributed by atoms with Crippen LogP contribution in [0.1, 0.15) is 35.2 Å². The summed E-state index contributed by atoms with van der Waals surface area (Å²) in [6.45, 7) is 3.51. The van der Waals surface area contributed by atoms with Crippen molar-refractivity contribution in [2.75, 3.05) is 26.2 Å². The topological polar surface area (TPSA) is 36.4 Å². The smallest absolute Gasteiger partial charge is 0.253 e. The summed E-state index contributed by atoms with van der Waals surface area (Å²) in [5.41, 5.74) is 1.87. The van der Waals surface area contributed by atoms with E-state index in [9.17, 15) is 4.79 Å². The first-order valence-corrected chi connectivity index (χ1v) is 10.4. The lowest BCUT2D eigenvalue weighted by molar-refractivity contribution is 0.0257. The molecule has 2 atom stereocenters. The van der Waals surface area contributed by atoms with Crippen molar-refractivity contribution in [2.45, 2.75) is 25.3 Å². The zero-order valence-electron chi connectivity index (χ0n) is 16.0. The molecule has 1 amide bonds. The summed E-state index contributed by atoms with van der Waals surface area (Å²) in [6, 6.07) is 14.3. The minimum Gasteiger partial charge on any atom is -0.338 e. The molecule has 2 saturated heterocycles. The van der Waals surface area contributed by atoms with Crippen molar-refractivity contribution in [3.8, 4) is 0 Å². The second-order valence-electron chi connectivity index (χ2n) is 7.72. The second kappa shape index (κ2) is 8.89. The minimum atomic E-state index is 0.125. The number of amides is 1. The first-order chi connectivity index (χ1) is 13.7. The van der Waals surface area contributed by atoms with E-state index < -0.39 is 0 Å². The molecule has 0 unspecified atom stereocenters. The van der Waals surface area contributed by atoms with Gasteiger partial charge in [-0.15, -0.1) is 0 Å². The number of fused-ring (bicyclic) bond motifs is 1. The van der Waals surface area contributed by atoms with E-state index in [0.29, 0.717) is 12.0 Å². The number of nitrogens with zero attached hydrogens (tertiary/aromatic N) is 3. The van der Waals surface area contributed by atoms with Crippen LogP contribution in [0.25, 0.3) is 6.08 Å². The highest BCUT2D eigenvalue weighted by atomic mass is 35.5. The van der Waals surface area contributed by atoms with Crippen LogP contribution in [0.4, 0.5) is 0 Å². The third kappa shape index (κ3) is 4.45. The highest BCUT2D eigenvalue weighted by molar-refractivity contribution is 6.31. The van der Waals surface area contributed by atoms with E-state index in [1.165, 1.54) is 6.42 Å². The highest BCUT2D eigenvalue weighted by Crippen LogP contribution is 2.32. The number of rotatable bonds is 4. The minimum absolute atomic E-state index is 0.125. The summed E-state index contributed by atoms with van der Waals surface area (Å²) in [5.74, 6) is 0.648. The van der Waals surface area contributed by atoms with E-state index in [-0.39, 0.29) is 5.91 Å². The highest BCUT2D eigenvalue weighted by Gasteiger charge is 2.37. The van der Waals surface area contributed by atoms with Crippen molar-refractivity contribution in [3.63, 3.8) is 0 Å². The first kappa shape index (κ1) is 19.2. The summed E-state index contributed by atoms with van der Waals surface area (Å²) in [6.07, 6.45) is 8.78. The molecule has 0 radical (unpaired) electrons. The van der Waals surface area contributed by atoms with E-state index in [4.69, 9.17) is 11.6 Å². The van der Waals surface area contributed by atoms with Crippen molar-refractivity contribution < 1.29 is 4.79 Å². The Morgan fingerprint density at radius 2 is 1.89 bits per heavy atom. The fraction of sp³-hybridized carbons (Fsp3) is 0.391. The van der Waals surface area contributed by atoms with Gasteiger partial charge in [-0.3, -0.25) is 14.7 Å². The van der Waals surface area contributed by atoms with E-state index in [1.54, 1.807) is 24.5 Å². The summed E-state index contributed by atoms with van der Waals surface area (Å²) in [5, 5.41) is 0.877. The van der Waals surface area contributed by atoms with Gasteiger partial charge in [-0.2, -0.15) is 0 Å². The molecule has 2 aliphatic heterocycles. The number of piperidine rings is 2. The van der Waals surface area contributed by atoms with Gasteiger partial charge >= 0.3 is 0 Å². The van der Waals surface area contributed by atoms with Crippen LogP contribution >= 0.6 is 11.6 Å². The number of carbonyl (C=O) groups excluding carboxylic acids is 1. The first-order valence-electron chi connectivity index (χ1n) is 10.0. The van der Waals surface area contributed by atoms with Gasteiger partial charge in [0.1, 0.15) is 0 Å². The number of halogens is 1. The molecule has 4 nitrogen and oxygen atoms in total. The number of carbonyl (C=O) groups is 1. The molecule has 28 heavy (non-hydrogen) atoms. The van der Waals surface area contributed by atoms with E-state index in [0.717, 1.165) is 55.2 Å². The molecule has 1 aromatic heterocycles. The molecular formula is C23H26ClN3O. The van der Waals surface area contributed by atoms with Crippen LogP contribution in [-0.4, -0.2) is 52.9 Å². The molecule has 0 N–H and O–H groups in total. The van der Waals surface area contributed by atoms with Gasteiger partial charge in [0.2, 0.25) is 0 Å². The Morgan fingerprint density at radius 3 is 2.68 bits per heavy atom. The predicted octanol–water partition coefficient (Wildman–Crippen LogP) is 4.29. The number of benzene rings is 1. The Bertz CT molecular complexity index is 824. The average molecular weight is 396 g/mol. The Morgan fingerprint density at radius 1 is 1.11 bits per heavy atom. The van der Waals surface area contributed by atoms with Crippen LogP contribution in [0.5, 0.6) is 0 Å². The van der Waals surface area contributed by atoms with Crippen LogP contribution in [0, 0.1) is 5.92 Å². The molecule has 3 heterocycles. The normalized spacial score (nSPS) is 23.3. The Balaban J connectivity index is 1.40. The standard InChI is InChI=1S/C23H26ClN3O/c24-21(15-18-5-2-1-3-6-18)17-26-13-4-7-20-16-27(14-10-22(20)26)23(28)19-8-11-25-12-9-19/h1-3,5-6,8-9,11-12,15,20,22H,4,7,10,13-14,16-17H2/b21-15-/t20-,22-/m1/s1. The molecule has 0 spiro atoms. The quantitative estimate of drug-likeness (QED) is 0.774. The van der Waals surface area contributed by atoms with Crippen molar-refractivity contribution in [1.82, 2.24) is 14.8 Å². The SMILES string of the molecule is O=C(c1ccncc1)N1CC[C@@H]2[C@H](CCCN2C/C(Cl)=C/c2ccccc2)C1. The molecule has 146 valence electrons. The average Bonchev–Trinajstić information content (AvgIpc) is 2.74. The second-order valence-corrected chi connectivity index (χ2v) is 8.20. The summed E-state index contributed by atoms with van der Waals surface area (Å²) >= 11 is 6.59. The molecule has 2 aliphatic rings. The molecule has 0 aliphatic carbocycles. The van der Waals surface area contributed by atoms with Crippen LogP contribution in [0.3, 0.4) is 0 Å². The van der Waals surface area contributed by atoms with Gasteiger partial charge in [-0.25, -0.2) is 0 Å². The molecule has 2 fully saturated rings. The predicted molar refractivity (Wildman–Crippen MR) is 113 cm³/mol. The number of hydrogen-bond donors (Lipinski definition) is 0. The fourth-order valence-electron chi connectivity index (χ4n) is 4.53. The van der Waals surface area contributed by atoms with Gasteiger partial charge < -0.3 is 4.90 Å². The Kier molecular flexibility index (Phi) is 6.08. The Hall–Kier alpha value is -2.17. The number of hydrogen-bond acceptors (Lipinski definition) is 3. The molecule has 0 bridgehead atoms. The molecule has 1 aromatic carbocycles. The lowest BCUT2D eigenvalue weighted by Gasteiger charge is -2.47. The molecule has 2 aromatic rings. The molecular weight excluding hydrogens is 370 g/mol. The fourth-order valence-corrected chi connectivity index (χ4v) is 4.81. The van der Waals surface area contributed by atoms with E-state index in [2.05, 4.69) is 28.1 Å². The third-order valence-corrected chi connectivity index (χ3v) is 6.10. The van der Waals surface area contributed by atoms with Gasteiger partial charge in [-0.1, -0.05) is 41.9 Å². The Labute approximate surface area is 171 Å². The maximum absolute atomic E-state index is 12.8. The lowest BCUT2D eigenvalue weighted by atomic mass is 9.83. The monoisotopic (exact) mass is 395 g/mol. The molecule has 4 rings (SSSR count). The van der Waals surface area contributed by atoms with Crippen LogP contribution in [0.2, 0.25) is 0 Å². The molecule has 0 saturated carbocycles. The maximum Gasteiger partial charge on any atom is 0.253 e. The van der Waals surface area contributed by atoms with Crippen LogP contribution in [0.15, 0.2) is 59.9 Å².